The summed E-state index contributed by atoms with van der Waals surface area (Å²) in [5.41, 5.74) is 6.61. The average molecular weight is 220 g/mol. The average Bonchev–Trinajstić information content (AvgIpc) is 2.66. The van der Waals surface area contributed by atoms with Crippen molar-refractivity contribution in [3.05, 3.63) is 11.6 Å². The number of hydrogen-bond acceptors (Lipinski definition) is 4. The standard InChI is InChI=1S/C11H16N4O/c12-10(16)9-2-1-7-5-8-6-13-3-4-15(8)11(7)14-9/h1,8-9,13H,2-6H2,(H2,12,16). The quantitative estimate of drug-likeness (QED) is 0.610. The van der Waals surface area contributed by atoms with E-state index in [0.717, 1.165) is 31.9 Å². The maximum Gasteiger partial charge on any atom is 0.242 e. The van der Waals surface area contributed by atoms with Crippen LogP contribution in [0, 0.1) is 0 Å². The summed E-state index contributed by atoms with van der Waals surface area (Å²) in [5, 5.41) is 3.38. The summed E-state index contributed by atoms with van der Waals surface area (Å²) in [6.07, 6.45) is 3.86. The topological polar surface area (TPSA) is 70.7 Å². The lowest BCUT2D eigenvalue weighted by Gasteiger charge is -2.32. The molecule has 0 aromatic rings. The highest BCUT2D eigenvalue weighted by Gasteiger charge is 2.37. The smallest absolute Gasteiger partial charge is 0.242 e. The molecule has 0 radical (unpaired) electrons. The molecule has 2 atom stereocenters. The van der Waals surface area contributed by atoms with Crippen molar-refractivity contribution in [1.82, 2.24) is 10.2 Å². The summed E-state index contributed by atoms with van der Waals surface area (Å²) in [4.78, 5) is 18.0. The van der Waals surface area contributed by atoms with Crippen molar-refractivity contribution in [1.29, 1.82) is 0 Å². The number of nitrogens with zero attached hydrogens (tertiary/aromatic N) is 2. The summed E-state index contributed by atoms with van der Waals surface area (Å²) < 4.78 is 0. The number of aliphatic imine (C=N–C) groups is 1. The monoisotopic (exact) mass is 220 g/mol. The number of amides is 1. The SMILES string of the molecule is NC(=O)C1CC=C2CC3CNCCN3C2=N1. The van der Waals surface area contributed by atoms with Gasteiger partial charge in [0.1, 0.15) is 11.9 Å². The van der Waals surface area contributed by atoms with Crippen LogP contribution in [0.1, 0.15) is 12.8 Å². The number of piperazine rings is 1. The molecule has 0 spiro atoms. The molecule has 3 rings (SSSR count). The van der Waals surface area contributed by atoms with Gasteiger partial charge in [-0.1, -0.05) is 6.08 Å². The molecule has 5 nitrogen and oxygen atoms in total. The molecule has 3 aliphatic rings. The number of carbonyl (C=O) groups is 1. The van der Waals surface area contributed by atoms with Crippen molar-refractivity contribution in [3.63, 3.8) is 0 Å². The number of amidine groups is 1. The van der Waals surface area contributed by atoms with Crippen LogP contribution in [-0.2, 0) is 4.79 Å². The fourth-order valence-electron chi connectivity index (χ4n) is 2.72. The van der Waals surface area contributed by atoms with Crippen LogP contribution in [0.4, 0.5) is 0 Å². The van der Waals surface area contributed by atoms with E-state index in [-0.39, 0.29) is 11.9 Å². The van der Waals surface area contributed by atoms with Crippen molar-refractivity contribution in [2.75, 3.05) is 19.6 Å². The van der Waals surface area contributed by atoms with Crippen LogP contribution in [0.5, 0.6) is 0 Å². The van der Waals surface area contributed by atoms with Gasteiger partial charge in [0, 0.05) is 25.7 Å². The maximum atomic E-state index is 11.2. The Labute approximate surface area is 94.4 Å². The minimum atomic E-state index is -0.354. The van der Waals surface area contributed by atoms with Crippen LogP contribution >= 0.6 is 0 Å². The second-order valence-corrected chi connectivity index (χ2v) is 4.59. The van der Waals surface area contributed by atoms with E-state index in [0.29, 0.717) is 12.5 Å². The van der Waals surface area contributed by atoms with E-state index in [1.54, 1.807) is 0 Å². The largest absolute Gasteiger partial charge is 0.368 e. The van der Waals surface area contributed by atoms with E-state index in [9.17, 15) is 4.79 Å². The van der Waals surface area contributed by atoms with Crippen LogP contribution in [0.2, 0.25) is 0 Å². The van der Waals surface area contributed by atoms with E-state index < -0.39 is 0 Å². The molecule has 2 fully saturated rings. The van der Waals surface area contributed by atoms with Gasteiger partial charge in [-0.2, -0.15) is 0 Å². The Morgan fingerprint density at radius 3 is 3.31 bits per heavy atom. The first-order chi connectivity index (χ1) is 7.75. The van der Waals surface area contributed by atoms with E-state index >= 15 is 0 Å². The third kappa shape index (κ3) is 1.43. The molecule has 0 bridgehead atoms. The lowest BCUT2D eigenvalue weighted by molar-refractivity contribution is -0.119. The normalized spacial score (nSPS) is 32.6. The number of carbonyl (C=O) groups excluding carboxylic acids is 1. The summed E-state index contributed by atoms with van der Waals surface area (Å²) >= 11 is 0. The molecule has 3 heterocycles. The fourth-order valence-corrected chi connectivity index (χ4v) is 2.72. The molecule has 3 N–H and O–H groups in total. The molecule has 2 unspecified atom stereocenters. The summed E-state index contributed by atoms with van der Waals surface area (Å²) in [5.74, 6) is 0.697. The fraction of sp³-hybridized carbons (Fsp3) is 0.636. The second kappa shape index (κ2) is 3.59. The number of primary amides is 1. The Balaban J connectivity index is 1.89. The molecule has 0 aromatic carbocycles. The van der Waals surface area contributed by atoms with Gasteiger partial charge in [-0.15, -0.1) is 0 Å². The highest BCUT2D eigenvalue weighted by atomic mass is 16.1. The third-order valence-electron chi connectivity index (χ3n) is 3.56. The first-order valence-corrected chi connectivity index (χ1v) is 5.79. The van der Waals surface area contributed by atoms with Gasteiger partial charge in [0.15, 0.2) is 0 Å². The van der Waals surface area contributed by atoms with Gasteiger partial charge in [0.25, 0.3) is 0 Å². The molecule has 0 saturated carbocycles. The van der Waals surface area contributed by atoms with Crippen molar-refractivity contribution in [2.45, 2.75) is 24.9 Å². The first kappa shape index (κ1) is 9.84. The van der Waals surface area contributed by atoms with Crippen LogP contribution < -0.4 is 11.1 Å². The molecule has 1 amide bonds. The Morgan fingerprint density at radius 1 is 1.62 bits per heavy atom. The molecule has 5 heteroatoms. The highest BCUT2D eigenvalue weighted by Crippen LogP contribution is 2.30. The van der Waals surface area contributed by atoms with Crippen molar-refractivity contribution >= 4 is 11.7 Å². The van der Waals surface area contributed by atoms with Crippen molar-refractivity contribution in [3.8, 4) is 0 Å². The number of fused-ring (bicyclic) bond motifs is 3. The zero-order chi connectivity index (χ0) is 11.1. The van der Waals surface area contributed by atoms with Crippen molar-refractivity contribution in [2.24, 2.45) is 10.7 Å². The van der Waals surface area contributed by atoms with Gasteiger partial charge in [0.2, 0.25) is 5.91 Å². The summed E-state index contributed by atoms with van der Waals surface area (Å²) in [6.45, 7) is 2.98. The number of nitrogens with one attached hydrogen (secondary N) is 1. The second-order valence-electron chi connectivity index (χ2n) is 4.59. The van der Waals surface area contributed by atoms with Crippen LogP contribution in [-0.4, -0.2) is 48.4 Å². The van der Waals surface area contributed by atoms with E-state index in [1.165, 1.54) is 5.57 Å². The number of hydrogen-bond donors (Lipinski definition) is 2. The Kier molecular flexibility index (Phi) is 2.21. The molecule has 2 saturated heterocycles. The number of dihydropyridines is 1. The summed E-state index contributed by atoms with van der Waals surface area (Å²) in [7, 11) is 0. The predicted molar refractivity (Wildman–Crippen MR) is 61.1 cm³/mol. The van der Waals surface area contributed by atoms with E-state index in [2.05, 4.69) is 21.3 Å². The lowest BCUT2D eigenvalue weighted by Crippen LogP contribution is -2.49. The van der Waals surface area contributed by atoms with Gasteiger partial charge in [-0.3, -0.25) is 9.79 Å². The highest BCUT2D eigenvalue weighted by molar-refractivity contribution is 6.03. The van der Waals surface area contributed by atoms with Crippen LogP contribution in [0.25, 0.3) is 0 Å². The minimum Gasteiger partial charge on any atom is -0.368 e. The zero-order valence-corrected chi connectivity index (χ0v) is 9.15. The van der Waals surface area contributed by atoms with Gasteiger partial charge in [0.05, 0.1) is 0 Å². The van der Waals surface area contributed by atoms with E-state index in [1.807, 2.05) is 0 Å². The van der Waals surface area contributed by atoms with Crippen molar-refractivity contribution < 1.29 is 4.79 Å². The Hall–Kier alpha value is -1.36. The maximum absolute atomic E-state index is 11.2. The molecule has 86 valence electrons. The molecule has 0 aliphatic carbocycles. The van der Waals surface area contributed by atoms with Gasteiger partial charge < -0.3 is 16.0 Å². The molecular formula is C11H16N4O. The molecule has 3 aliphatic heterocycles. The van der Waals surface area contributed by atoms with Gasteiger partial charge >= 0.3 is 0 Å². The first-order valence-electron chi connectivity index (χ1n) is 5.79. The zero-order valence-electron chi connectivity index (χ0n) is 9.15. The molecule has 0 aromatic heterocycles. The molecule has 16 heavy (non-hydrogen) atoms. The molecular weight excluding hydrogens is 204 g/mol. The number of nitrogens with two attached hydrogens (primary N) is 1. The van der Waals surface area contributed by atoms with Gasteiger partial charge in [-0.05, 0) is 18.4 Å². The Morgan fingerprint density at radius 2 is 2.50 bits per heavy atom. The van der Waals surface area contributed by atoms with Gasteiger partial charge in [-0.25, -0.2) is 0 Å². The Bertz CT molecular complexity index is 387. The summed E-state index contributed by atoms with van der Waals surface area (Å²) in [6, 6.07) is 0.165. The predicted octanol–water partition coefficient (Wildman–Crippen LogP) is -0.754. The van der Waals surface area contributed by atoms with Crippen LogP contribution in [0.15, 0.2) is 16.6 Å². The number of rotatable bonds is 1. The lowest BCUT2D eigenvalue weighted by atomic mass is 10.0. The minimum absolute atomic E-state index is 0.318. The van der Waals surface area contributed by atoms with Crippen LogP contribution in [0.3, 0.4) is 0 Å². The van der Waals surface area contributed by atoms with E-state index in [4.69, 9.17) is 5.73 Å². The third-order valence-corrected chi connectivity index (χ3v) is 3.56.